The Hall–Kier alpha value is -3.22. The average Bonchev–Trinajstić information content (AvgIpc) is 2.59. The van der Waals surface area contributed by atoms with Gasteiger partial charge >= 0.3 is 0 Å². The molecule has 1 aliphatic rings. The summed E-state index contributed by atoms with van der Waals surface area (Å²) in [6, 6.07) is 12.7. The van der Waals surface area contributed by atoms with Crippen LogP contribution < -0.4 is 16.0 Å². The Labute approximate surface area is 143 Å². The van der Waals surface area contributed by atoms with Crippen LogP contribution in [0.25, 0.3) is 0 Å². The summed E-state index contributed by atoms with van der Waals surface area (Å²) in [4.78, 5) is 36.0. The topological polar surface area (TPSA) is 87.3 Å². The predicted octanol–water partition coefficient (Wildman–Crippen LogP) is 2.01. The summed E-state index contributed by atoms with van der Waals surface area (Å²) in [5.74, 6) is -2.45. The molecule has 6 nitrogen and oxygen atoms in total. The Bertz CT molecular complexity index is 824. The molecule has 0 saturated carbocycles. The van der Waals surface area contributed by atoms with Gasteiger partial charge in [0, 0.05) is 17.8 Å². The van der Waals surface area contributed by atoms with E-state index in [1.807, 2.05) is 6.07 Å². The maximum absolute atomic E-state index is 13.3. The van der Waals surface area contributed by atoms with Crippen molar-refractivity contribution in [1.82, 2.24) is 5.32 Å². The van der Waals surface area contributed by atoms with Gasteiger partial charge in [0.2, 0.25) is 17.7 Å². The number of nitrogens with one attached hydrogen (secondary N) is 3. The van der Waals surface area contributed by atoms with Crippen molar-refractivity contribution in [1.29, 1.82) is 0 Å². The van der Waals surface area contributed by atoms with Crippen LogP contribution in [0, 0.1) is 5.82 Å². The van der Waals surface area contributed by atoms with Crippen molar-refractivity contribution < 1.29 is 18.8 Å². The number of rotatable bonds is 4. The molecule has 1 aliphatic heterocycles. The SMILES string of the molecule is O=C(CNC(=O)C1CC(=O)Nc2cc(F)ccc21)Nc1ccccc1. The van der Waals surface area contributed by atoms with Crippen molar-refractivity contribution in [3.63, 3.8) is 0 Å². The Kier molecular flexibility index (Phi) is 4.74. The zero-order valence-corrected chi connectivity index (χ0v) is 13.2. The van der Waals surface area contributed by atoms with Crippen LogP contribution in [-0.2, 0) is 14.4 Å². The molecule has 2 aromatic rings. The number of benzene rings is 2. The second kappa shape index (κ2) is 7.12. The molecule has 128 valence electrons. The maximum Gasteiger partial charge on any atom is 0.243 e. The molecule has 0 fully saturated rings. The number of amides is 3. The largest absolute Gasteiger partial charge is 0.346 e. The van der Waals surface area contributed by atoms with Gasteiger partial charge in [-0.15, -0.1) is 0 Å². The van der Waals surface area contributed by atoms with Crippen LogP contribution in [-0.4, -0.2) is 24.3 Å². The number of hydrogen-bond donors (Lipinski definition) is 3. The van der Waals surface area contributed by atoms with E-state index in [0.29, 0.717) is 11.3 Å². The van der Waals surface area contributed by atoms with Gasteiger partial charge in [-0.3, -0.25) is 14.4 Å². The minimum absolute atomic E-state index is 0.0508. The summed E-state index contributed by atoms with van der Waals surface area (Å²) < 4.78 is 13.3. The summed E-state index contributed by atoms with van der Waals surface area (Å²) in [6.07, 6.45) is -0.0508. The van der Waals surface area contributed by atoms with Crippen molar-refractivity contribution in [2.45, 2.75) is 12.3 Å². The van der Waals surface area contributed by atoms with E-state index in [9.17, 15) is 18.8 Å². The highest BCUT2D eigenvalue weighted by Crippen LogP contribution is 2.32. The lowest BCUT2D eigenvalue weighted by Gasteiger charge is -2.24. The van der Waals surface area contributed by atoms with Gasteiger partial charge < -0.3 is 16.0 Å². The standard InChI is InChI=1S/C18H16FN3O3/c19-11-6-7-13-14(9-16(23)22-15(13)8-11)18(25)20-10-17(24)21-12-4-2-1-3-5-12/h1-8,14H,9-10H2,(H,20,25)(H,21,24)(H,22,23). The molecule has 0 bridgehead atoms. The lowest BCUT2D eigenvalue weighted by Crippen LogP contribution is -2.38. The third kappa shape index (κ3) is 4.00. The molecule has 1 atom stereocenters. The second-order valence-corrected chi connectivity index (χ2v) is 5.67. The smallest absolute Gasteiger partial charge is 0.243 e. The minimum atomic E-state index is -0.756. The van der Waals surface area contributed by atoms with E-state index in [0.717, 1.165) is 0 Å². The molecule has 1 unspecified atom stereocenters. The summed E-state index contributed by atoms with van der Waals surface area (Å²) >= 11 is 0. The van der Waals surface area contributed by atoms with E-state index in [-0.39, 0.29) is 30.5 Å². The van der Waals surface area contributed by atoms with Crippen molar-refractivity contribution in [3.05, 3.63) is 59.9 Å². The first-order chi connectivity index (χ1) is 12.0. The lowest BCUT2D eigenvalue weighted by molar-refractivity contribution is -0.127. The molecule has 3 amide bonds. The number of carbonyl (C=O) groups excluding carboxylic acids is 3. The summed E-state index contributed by atoms with van der Waals surface area (Å²) in [7, 11) is 0. The molecule has 0 saturated heterocycles. The second-order valence-electron chi connectivity index (χ2n) is 5.67. The van der Waals surface area contributed by atoms with E-state index in [1.165, 1.54) is 18.2 Å². The molecule has 0 aliphatic carbocycles. The number of anilines is 2. The van der Waals surface area contributed by atoms with E-state index >= 15 is 0 Å². The first-order valence-corrected chi connectivity index (χ1v) is 7.75. The fraction of sp³-hybridized carbons (Fsp3) is 0.167. The van der Waals surface area contributed by atoms with Crippen molar-refractivity contribution in [2.75, 3.05) is 17.2 Å². The highest BCUT2D eigenvalue weighted by molar-refractivity contribution is 6.02. The summed E-state index contributed by atoms with van der Waals surface area (Å²) in [5.41, 5.74) is 1.44. The summed E-state index contributed by atoms with van der Waals surface area (Å²) in [5, 5.41) is 7.72. The van der Waals surface area contributed by atoms with Crippen LogP contribution in [0.15, 0.2) is 48.5 Å². The molecule has 2 aromatic carbocycles. The number of fused-ring (bicyclic) bond motifs is 1. The summed E-state index contributed by atoms with van der Waals surface area (Å²) in [6.45, 7) is -0.220. The van der Waals surface area contributed by atoms with Gasteiger partial charge in [0.25, 0.3) is 0 Å². The average molecular weight is 341 g/mol. The van der Waals surface area contributed by atoms with Gasteiger partial charge in [0.05, 0.1) is 12.5 Å². The molecule has 0 radical (unpaired) electrons. The monoisotopic (exact) mass is 341 g/mol. The van der Waals surface area contributed by atoms with Gasteiger partial charge in [-0.05, 0) is 29.8 Å². The zero-order chi connectivity index (χ0) is 17.8. The van der Waals surface area contributed by atoms with Crippen LogP contribution in [0.1, 0.15) is 17.9 Å². The Morgan fingerprint density at radius 3 is 2.68 bits per heavy atom. The molecular formula is C18H16FN3O3. The fourth-order valence-electron chi connectivity index (χ4n) is 2.69. The number of carbonyl (C=O) groups is 3. The molecular weight excluding hydrogens is 325 g/mol. The van der Waals surface area contributed by atoms with E-state index in [1.54, 1.807) is 24.3 Å². The Morgan fingerprint density at radius 2 is 1.92 bits per heavy atom. The fourth-order valence-corrected chi connectivity index (χ4v) is 2.69. The molecule has 3 rings (SSSR count). The Balaban J connectivity index is 1.64. The third-order valence-electron chi connectivity index (χ3n) is 3.85. The normalized spacial score (nSPS) is 15.7. The van der Waals surface area contributed by atoms with Crippen LogP contribution >= 0.6 is 0 Å². The van der Waals surface area contributed by atoms with E-state index in [4.69, 9.17) is 0 Å². The highest BCUT2D eigenvalue weighted by atomic mass is 19.1. The molecule has 1 heterocycles. The number of para-hydroxylation sites is 1. The van der Waals surface area contributed by atoms with Crippen molar-refractivity contribution in [2.24, 2.45) is 0 Å². The molecule has 0 spiro atoms. The highest BCUT2D eigenvalue weighted by Gasteiger charge is 2.31. The first-order valence-electron chi connectivity index (χ1n) is 7.75. The predicted molar refractivity (Wildman–Crippen MR) is 90.5 cm³/mol. The zero-order valence-electron chi connectivity index (χ0n) is 13.2. The van der Waals surface area contributed by atoms with Gasteiger partial charge in [0.1, 0.15) is 5.82 Å². The maximum atomic E-state index is 13.3. The van der Waals surface area contributed by atoms with Gasteiger partial charge in [-0.2, -0.15) is 0 Å². The van der Waals surface area contributed by atoms with E-state index in [2.05, 4.69) is 16.0 Å². The third-order valence-corrected chi connectivity index (χ3v) is 3.85. The van der Waals surface area contributed by atoms with Crippen molar-refractivity contribution in [3.8, 4) is 0 Å². The molecule has 3 N–H and O–H groups in total. The van der Waals surface area contributed by atoms with Crippen LogP contribution in [0.5, 0.6) is 0 Å². The van der Waals surface area contributed by atoms with Gasteiger partial charge in [-0.1, -0.05) is 24.3 Å². The lowest BCUT2D eigenvalue weighted by atomic mass is 9.89. The Morgan fingerprint density at radius 1 is 1.16 bits per heavy atom. The minimum Gasteiger partial charge on any atom is -0.346 e. The van der Waals surface area contributed by atoms with E-state index < -0.39 is 17.6 Å². The first kappa shape index (κ1) is 16.6. The quantitative estimate of drug-likeness (QED) is 0.795. The number of halogens is 1. The molecule has 7 heteroatoms. The van der Waals surface area contributed by atoms with Crippen LogP contribution in [0.2, 0.25) is 0 Å². The molecule has 25 heavy (non-hydrogen) atoms. The van der Waals surface area contributed by atoms with Crippen LogP contribution in [0.4, 0.5) is 15.8 Å². The van der Waals surface area contributed by atoms with Gasteiger partial charge in [0.15, 0.2) is 0 Å². The number of hydrogen-bond acceptors (Lipinski definition) is 3. The van der Waals surface area contributed by atoms with Gasteiger partial charge in [-0.25, -0.2) is 4.39 Å². The van der Waals surface area contributed by atoms with Crippen LogP contribution in [0.3, 0.4) is 0 Å². The molecule has 0 aromatic heterocycles. The van der Waals surface area contributed by atoms with Crippen molar-refractivity contribution >= 4 is 29.1 Å².